The number of nitrogens with one attached hydrogen (secondary N) is 1. The first-order valence-electron chi connectivity index (χ1n) is 7.61. The maximum Gasteiger partial charge on any atom is 0.253 e. The van der Waals surface area contributed by atoms with E-state index in [1.807, 2.05) is 26.1 Å². The Kier molecular flexibility index (Phi) is 7.75. The fraction of sp³-hybridized carbons (Fsp3) is 0.625. The van der Waals surface area contributed by atoms with E-state index in [2.05, 4.69) is 17.2 Å². The second-order valence-electron chi connectivity index (χ2n) is 5.09. The minimum atomic E-state index is 0.0303. The number of ether oxygens (including phenoxy) is 1. The van der Waals surface area contributed by atoms with E-state index in [1.54, 1.807) is 12.0 Å². The van der Waals surface area contributed by atoms with Crippen molar-refractivity contribution in [3.63, 3.8) is 0 Å². The lowest BCUT2D eigenvalue weighted by Crippen LogP contribution is -2.28. The number of amides is 1. The van der Waals surface area contributed by atoms with Gasteiger partial charge in [-0.15, -0.1) is 0 Å². The summed E-state index contributed by atoms with van der Waals surface area (Å²) in [7, 11) is 3.49. The Morgan fingerprint density at radius 3 is 2.76 bits per heavy atom. The third kappa shape index (κ3) is 5.71. The standard InChI is InChI=1S/C16H27N3O2/c1-5-8-17-15-12-13(11-14(6-2)18-15)16(20)19(3)9-7-10-21-4/h11-12H,5-10H2,1-4H3,(H,17,18). The Hall–Kier alpha value is -1.62. The molecule has 1 N–H and O–H groups in total. The average molecular weight is 293 g/mol. The number of methoxy groups -OCH3 is 1. The molecule has 0 bridgehead atoms. The van der Waals surface area contributed by atoms with Crippen molar-refractivity contribution >= 4 is 11.7 Å². The number of carbonyl (C=O) groups excluding carboxylic acids is 1. The van der Waals surface area contributed by atoms with Gasteiger partial charge in [0.05, 0.1) is 0 Å². The number of aromatic nitrogens is 1. The van der Waals surface area contributed by atoms with Crippen molar-refractivity contribution in [2.45, 2.75) is 33.1 Å². The van der Waals surface area contributed by atoms with Crippen LogP contribution in [-0.2, 0) is 11.2 Å². The van der Waals surface area contributed by atoms with Crippen LogP contribution >= 0.6 is 0 Å². The maximum absolute atomic E-state index is 12.5. The van der Waals surface area contributed by atoms with Crippen molar-refractivity contribution in [1.29, 1.82) is 0 Å². The second-order valence-corrected chi connectivity index (χ2v) is 5.09. The summed E-state index contributed by atoms with van der Waals surface area (Å²) in [6.07, 6.45) is 2.68. The molecular weight excluding hydrogens is 266 g/mol. The van der Waals surface area contributed by atoms with Crippen molar-refractivity contribution in [2.75, 3.05) is 39.2 Å². The molecule has 1 aromatic rings. The van der Waals surface area contributed by atoms with Gasteiger partial charge in [0, 0.05) is 45.1 Å². The van der Waals surface area contributed by atoms with E-state index in [4.69, 9.17) is 4.74 Å². The molecular formula is C16H27N3O2. The molecule has 0 unspecified atom stereocenters. The van der Waals surface area contributed by atoms with E-state index in [0.29, 0.717) is 18.7 Å². The Labute approximate surface area is 127 Å². The molecule has 0 saturated carbocycles. The van der Waals surface area contributed by atoms with Crippen LogP contribution in [-0.4, -0.2) is 49.6 Å². The Balaban J connectivity index is 2.81. The summed E-state index contributed by atoms with van der Waals surface area (Å²) < 4.78 is 5.02. The summed E-state index contributed by atoms with van der Waals surface area (Å²) >= 11 is 0. The number of hydrogen-bond acceptors (Lipinski definition) is 4. The topological polar surface area (TPSA) is 54.5 Å². The van der Waals surface area contributed by atoms with Crippen LogP contribution in [0.2, 0.25) is 0 Å². The highest BCUT2D eigenvalue weighted by Gasteiger charge is 2.13. The molecule has 0 radical (unpaired) electrons. The van der Waals surface area contributed by atoms with Gasteiger partial charge in [-0.1, -0.05) is 13.8 Å². The summed E-state index contributed by atoms with van der Waals surface area (Å²) in [5.41, 5.74) is 1.63. The molecule has 1 heterocycles. The molecule has 0 saturated heterocycles. The summed E-state index contributed by atoms with van der Waals surface area (Å²) in [6, 6.07) is 3.72. The van der Waals surface area contributed by atoms with E-state index >= 15 is 0 Å². The highest BCUT2D eigenvalue weighted by Crippen LogP contribution is 2.13. The molecule has 0 aliphatic carbocycles. The number of aryl methyl sites for hydroxylation is 1. The van der Waals surface area contributed by atoms with Gasteiger partial charge in [0.2, 0.25) is 0 Å². The SMILES string of the molecule is CCCNc1cc(C(=O)N(C)CCCOC)cc(CC)n1. The van der Waals surface area contributed by atoms with Crippen molar-refractivity contribution in [3.8, 4) is 0 Å². The van der Waals surface area contributed by atoms with Crippen LogP contribution in [0.15, 0.2) is 12.1 Å². The minimum absolute atomic E-state index is 0.0303. The van der Waals surface area contributed by atoms with Gasteiger partial charge in [-0.3, -0.25) is 4.79 Å². The minimum Gasteiger partial charge on any atom is -0.385 e. The summed E-state index contributed by atoms with van der Waals surface area (Å²) in [5, 5.41) is 3.25. The van der Waals surface area contributed by atoms with Crippen molar-refractivity contribution in [1.82, 2.24) is 9.88 Å². The molecule has 5 nitrogen and oxygen atoms in total. The van der Waals surface area contributed by atoms with Gasteiger partial charge >= 0.3 is 0 Å². The van der Waals surface area contributed by atoms with Gasteiger partial charge in [-0.25, -0.2) is 4.98 Å². The number of pyridine rings is 1. The normalized spacial score (nSPS) is 10.5. The van der Waals surface area contributed by atoms with Gasteiger partial charge in [-0.2, -0.15) is 0 Å². The highest BCUT2D eigenvalue weighted by atomic mass is 16.5. The van der Waals surface area contributed by atoms with Crippen LogP contribution in [0.1, 0.15) is 42.7 Å². The number of rotatable bonds is 9. The van der Waals surface area contributed by atoms with Crippen LogP contribution in [0.4, 0.5) is 5.82 Å². The van der Waals surface area contributed by atoms with E-state index in [0.717, 1.165) is 37.3 Å². The zero-order valence-corrected chi connectivity index (χ0v) is 13.6. The van der Waals surface area contributed by atoms with Gasteiger partial charge < -0.3 is 15.0 Å². The van der Waals surface area contributed by atoms with Crippen LogP contribution in [0.25, 0.3) is 0 Å². The third-order valence-electron chi connectivity index (χ3n) is 3.23. The number of nitrogens with zero attached hydrogens (tertiary/aromatic N) is 2. The molecule has 1 rings (SSSR count). The number of hydrogen-bond donors (Lipinski definition) is 1. The second kappa shape index (κ2) is 9.34. The zero-order valence-electron chi connectivity index (χ0n) is 13.6. The third-order valence-corrected chi connectivity index (χ3v) is 3.23. The molecule has 1 aromatic heterocycles. The number of carbonyl (C=O) groups is 1. The lowest BCUT2D eigenvalue weighted by Gasteiger charge is -2.18. The molecule has 0 fully saturated rings. The lowest BCUT2D eigenvalue weighted by atomic mass is 10.1. The van der Waals surface area contributed by atoms with Crippen LogP contribution in [0, 0.1) is 0 Å². The Bertz CT molecular complexity index is 449. The lowest BCUT2D eigenvalue weighted by molar-refractivity contribution is 0.0779. The molecule has 5 heteroatoms. The van der Waals surface area contributed by atoms with Gasteiger partial charge in [0.15, 0.2) is 0 Å². The molecule has 118 valence electrons. The van der Waals surface area contributed by atoms with E-state index in [1.165, 1.54) is 0 Å². The zero-order chi connectivity index (χ0) is 15.7. The molecule has 0 aromatic carbocycles. The van der Waals surface area contributed by atoms with Crippen molar-refractivity contribution in [2.24, 2.45) is 0 Å². The monoisotopic (exact) mass is 293 g/mol. The first-order chi connectivity index (χ1) is 10.1. The van der Waals surface area contributed by atoms with Crippen LogP contribution in [0.5, 0.6) is 0 Å². The molecule has 0 aliphatic heterocycles. The fourth-order valence-electron chi connectivity index (χ4n) is 2.00. The largest absolute Gasteiger partial charge is 0.385 e. The van der Waals surface area contributed by atoms with E-state index in [9.17, 15) is 4.79 Å². The predicted octanol–water partition coefficient (Wildman–Crippen LogP) is 2.57. The predicted molar refractivity (Wildman–Crippen MR) is 85.8 cm³/mol. The van der Waals surface area contributed by atoms with Gasteiger partial charge in [-0.05, 0) is 31.4 Å². The summed E-state index contributed by atoms with van der Waals surface area (Å²) in [4.78, 5) is 18.7. The molecule has 0 atom stereocenters. The summed E-state index contributed by atoms with van der Waals surface area (Å²) in [6.45, 7) is 6.36. The molecule has 21 heavy (non-hydrogen) atoms. The van der Waals surface area contributed by atoms with Gasteiger partial charge in [0.25, 0.3) is 5.91 Å². The van der Waals surface area contributed by atoms with Crippen LogP contribution in [0.3, 0.4) is 0 Å². The van der Waals surface area contributed by atoms with Gasteiger partial charge in [0.1, 0.15) is 5.82 Å². The quantitative estimate of drug-likeness (QED) is 0.711. The van der Waals surface area contributed by atoms with E-state index in [-0.39, 0.29) is 5.91 Å². The van der Waals surface area contributed by atoms with Crippen molar-refractivity contribution in [3.05, 3.63) is 23.4 Å². The Morgan fingerprint density at radius 2 is 2.14 bits per heavy atom. The average Bonchev–Trinajstić information content (AvgIpc) is 2.51. The highest BCUT2D eigenvalue weighted by molar-refractivity contribution is 5.94. The van der Waals surface area contributed by atoms with Crippen molar-refractivity contribution < 1.29 is 9.53 Å². The van der Waals surface area contributed by atoms with Crippen LogP contribution < -0.4 is 5.32 Å². The Morgan fingerprint density at radius 1 is 1.38 bits per heavy atom. The number of anilines is 1. The summed E-state index contributed by atoms with van der Waals surface area (Å²) in [5.74, 6) is 0.813. The van der Waals surface area contributed by atoms with E-state index < -0.39 is 0 Å². The molecule has 0 spiro atoms. The fourth-order valence-corrected chi connectivity index (χ4v) is 2.00. The first kappa shape index (κ1) is 17.4. The maximum atomic E-state index is 12.5. The molecule has 1 amide bonds. The first-order valence-corrected chi connectivity index (χ1v) is 7.61. The smallest absolute Gasteiger partial charge is 0.253 e. The molecule has 0 aliphatic rings.